The molecule has 0 radical (unpaired) electrons. The summed E-state index contributed by atoms with van der Waals surface area (Å²) in [4.78, 5) is 10.6. The Morgan fingerprint density at radius 2 is 0.451 bits per heavy atom. The van der Waals surface area contributed by atoms with E-state index in [1.807, 2.05) is 0 Å². The molecule has 0 aliphatic carbocycles. The topological polar surface area (TPSA) is 67.2 Å². The molecule has 0 spiro atoms. The third-order valence-electron chi connectivity index (χ3n) is 11.4. The largest absolute Gasteiger partial charge is 0.351 e. The Kier molecular flexibility index (Phi) is 46.5. The van der Waals surface area contributed by atoms with E-state index in [0.29, 0.717) is 0 Å². The van der Waals surface area contributed by atoms with E-state index in [0.717, 1.165) is 13.0 Å². The molecular weight excluding hydrogens is 623 g/mol. The molecule has 51 heavy (non-hydrogen) atoms. The minimum absolute atomic E-state index is 0.507. The van der Waals surface area contributed by atoms with Gasteiger partial charge in [0.25, 0.3) is 0 Å². The van der Waals surface area contributed by atoms with Crippen LogP contribution in [-0.2, 0) is 0 Å². The quantitative estimate of drug-likeness (QED) is 0.0433. The first-order valence-corrected chi connectivity index (χ1v) is 24.1. The standard InChI is InChI=1S/C47H97N3O/c1-2-3-4-5-6-7-8-9-10-11-12-13-14-15-16-17-18-19-20-21-22-23-24-25-26-27-28-29-30-31-32-33-34-35-36-37-38-39-40-41-42-43-44-45-46-49-50-47(48)51/h49H,2-46H2,1H3,(H3,48,50,51). The molecule has 0 aromatic heterocycles. The Morgan fingerprint density at radius 3 is 0.608 bits per heavy atom. The van der Waals surface area contributed by atoms with E-state index < -0.39 is 6.03 Å². The molecule has 0 aromatic carbocycles. The summed E-state index contributed by atoms with van der Waals surface area (Å²) in [5.74, 6) is 0. The van der Waals surface area contributed by atoms with Crippen LogP contribution >= 0.6 is 0 Å². The summed E-state index contributed by atoms with van der Waals surface area (Å²) in [6.07, 6.45) is 63.7. The molecule has 4 heteroatoms. The first-order chi connectivity index (χ1) is 25.3. The highest BCUT2D eigenvalue weighted by molar-refractivity contribution is 5.70. The fourth-order valence-corrected chi connectivity index (χ4v) is 7.86. The molecule has 0 unspecified atom stereocenters. The summed E-state index contributed by atoms with van der Waals surface area (Å²) in [6.45, 7) is 3.12. The second kappa shape index (κ2) is 47.3. The lowest BCUT2D eigenvalue weighted by atomic mass is 10.0. The van der Waals surface area contributed by atoms with Crippen molar-refractivity contribution in [2.24, 2.45) is 5.73 Å². The molecule has 0 aliphatic rings. The highest BCUT2D eigenvalue weighted by atomic mass is 16.2. The molecular formula is C47H97N3O. The maximum atomic E-state index is 10.6. The van der Waals surface area contributed by atoms with Gasteiger partial charge in [0.15, 0.2) is 0 Å². The molecule has 0 rings (SSSR count). The van der Waals surface area contributed by atoms with Gasteiger partial charge in [0.05, 0.1) is 0 Å². The molecule has 0 saturated carbocycles. The van der Waals surface area contributed by atoms with Gasteiger partial charge in [0, 0.05) is 6.54 Å². The van der Waals surface area contributed by atoms with E-state index in [2.05, 4.69) is 17.8 Å². The number of nitrogens with one attached hydrogen (secondary N) is 2. The van der Waals surface area contributed by atoms with Crippen LogP contribution < -0.4 is 16.6 Å². The Balaban J connectivity index is 3.05. The molecule has 306 valence electrons. The number of rotatable bonds is 46. The number of unbranched alkanes of at least 4 members (excludes halogenated alkanes) is 43. The lowest BCUT2D eigenvalue weighted by molar-refractivity contribution is 0.244. The molecule has 0 aromatic rings. The van der Waals surface area contributed by atoms with Crippen molar-refractivity contribution >= 4 is 6.03 Å². The lowest BCUT2D eigenvalue weighted by Gasteiger charge is -2.05. The molecule has 0 aliphatic heterocycles. The minimum atomic E-state index is -0.507. The summed E-state index contributed by atoms with van der Waals surface area (Å²) < 4.78 is 0. The van der Waals surface area contributed by atoms with Crippen LogP contribution in [0.5, 0.6) is 0 Å². The Morgan fingerprint density at radius 1 is 0.294 bits per heavy atom. The van der Waals surface area contributed by atoms with Crippen LogP contribution in [0, 0.1) is 0 Å². The summed E-state index contributed by atoms with van der Waals surface area (Å²) in [5, 5.41) is 0. The van der Waals surface area contributed by atoms with Gasteiger partial charge in [-0.3, -0.25) is 5.43 Å². The number of hydrogen-bond acceptors (Lipinski definition) is 2. The molecule has 0 atom stereocenters. The van der Waals surface area contributed by atoms with E-state index >= 15 is 0 Å². The smallest absolute Gasteiger partial charge is 0.326 e. The van der Waals surface area contributed by atoms with E-state index in [9.17, 15) is 4.79 Å². The minimum Gasteiger partial charge on any atom is -0.351 e. The third-order valence-corrected chi connectivity index (χ3v) is 11.4. The zero-order valence-corrected chi connectivity index (χ0v) is 35.3. The van der Waals surface area contributed by atoms with Crippen molar-refractivity contribution in [3.63, 3.8) is 0 Å². The molecule has 0 fully saturated rings. The number of urea groups is 1. The van der Waals surface area contributed by atoms with Crippen LogP contribution in [0.15, 0.2) is 0 Å². The van der Waals surface area contributed by atoms with Gasteiger partial charge in [-0.1, -0.05) is 283 Å². The zero-order valence-electron chi connectivity index (χ0n) is 35.3. The van der Waals surface area contributed by atoms with Crippen molar-refractivity contribution in [2.45, 2.75) is 289 Å². The number of hydrazine groups is 1. The SMILES string of the molecule is CCCCCCCCCCCCCCCCCCCCCCCCCCCCCCCCCCCCCCCCCCCCCCNNC(N)=O. The zero-order chi connectivity index (χ0) is 36.8. The van der Waals surface area contributed by atoms with Crippen LogP contribution in [-0.4, -0.2) is 12.6 Å². The molecule has 4 N–H and O–H groups in total. The molecule has 0 bridgehead atoms. The van der Waals surface area contributed by atoms with Crippen LogP contribution in [0.3, 0.4) is 0 Å². The van der Waals surface area contributed by atoms with E-state index in [-0.39, 0.29) is 0 Å². The van der Waals surface area contributed by atoms with Crippen LogP contribution in [0.2, 0.25) is 0 Å². The summed E-state index contributed by atoms with van der Waals surface area (Å²) >= 11 is 0. The first kappa shape index (κ1) is 50.2. The Bertz CT molecular complexity index is 627. The van der Waals surface area contributed by atoms with E-state index in [1.165, 1.54) is 276 Å². The van der Waals surface area contributed by atoms with Crippen molar-refractivity contribution in [3.05, 3.63) is 0 Å². The molecule has 0 saturated heterocycles. The fourth-order valence-electron chi connectivity index (χ4n) is 7.86. The average molecular weight is 720 g/mol. The van der Waals surface area contributed by atoms with Crippen molar-refractivity contribution in [1.82, 2.24) is 10.9 Å². The Hall–Kier alpha value is -0.770. The highest BCUT2D eigenvalue weighted by Gasteiger charge is 1.99. The van der Waals surface area contributed by atoms with Gasteiger partial charge in [0.2, 0.25) is 0 Å². The highest BCUT2D eigenvalue weighted by Crippen LogP contribution is 2.18. The van der Waals surface area contributed by atoms with Crippen molar-refractivity contribution < 1.29 is 4.79 Å². The average Bonchev–Trinajstić information content (AvgIpc) is 3.13. The maximum Gasteiger partial charge on any atom is 0.326 e. The monoisotopic (exact) mass is 720 g/mol. The molecule has 4 nitrogen and oxygen atoms in total. The second-order valence-corrected chi connectivity index (χ2v) is 16.6. The number of carbonyl (C=O) groups excluding carboxylic acids is 1. The van der Waals surface area contributed by atoms with Crippen molar-refractivity contribution in [2.75, 3.05) is 6.54 Å². The van der Waals surface area contributed by atoms with Crippen molar-refractivity contribution in [1.29, 1.82) is 0 Å². The number of amides is 2. The predicted octanol–water partition coefficient (Wildman–Crippen LogP) is 16.3. The van der Waals surface area contributed by atoms with Gasteiger partial charge >= 0.3 is 6.03 Å². The summed E-state index contributed by atoms with van der Waals surface area (Å²) in [5.41, 5.74) is 10.3. The van der Waals surface area contributed by atoms with Gasteiger partial charge in [0.1, 0.15) is 0 Å². The molecule has 0 heterocycles. The van der Waals surface area contributed by atoms with Crippen molar-refractivity contribution in [3.8, 4) is 0 Å². The Labute approximate surface area is 322 Å². The first-order valence-electron chi connectivity index (χ1n) is 24.1. The van der Waals surface area contributed by atoms with Crippen LogP contribution in [0.25, 0.3) is 0 Å². The normalized spacial score (nSPS) is 11.5. The van der Waals surface area contributed by atoms with Gasteiger partial charge < -0.3 is 5.73 Å². The van der Waals surface area contributed by atoms with Crippen LogP contribution in [0.1, 0.15) is 289 Å². The fraction of sp³-hybridized carbons (Fsp3) is 0.979. The van der Waals surface area contributed by atoms with Crippen LogP contribution in [0.4, 0.5) is 4.79 Å². The summed E-state index contributed by atoms with van der Waals surface area (Å²) in [7, 11) is 0. The number of nitrogens with two attached hydrogens (primary N) is 1. The van der Waals surface area contributed by atoms with Gasteiger partial charge in [-0.15, -0.1) is 0 Å². The maximum absolute atomic E-state index is 10.6. The molecule has 2 amide bonds. The second-order valence-electron chi connectivity index (χ2n) is 16.6. The van der Waals surface area contributed by atoms with E-state index in [4.69, 9.17) is 5.73 Å². The number of hydrogen-bond donors (Lipinski definition) is 3. The van der Waals surface area contributed by atoms with Gasteiger partial charge in [-0.2, -0.15) is 0 Å². The predicted molar refractivity (Wildman–Crippen MR) is 230 cm³/mol. The lowest BCUT2D eigenvalue weighted by Crippen LogP contribution is -2.41. The van der Waals surface area contributed by atoms with E-state index in [1.54, 1.807) is 0 Å². The summed E-state index contributed by atoms with van der Waals surface area (Å²) in [6, 6.07) is -0.507. The van der Waals surface area contributed by atoms with Gasteiger partial charge in [-0.25, -0.2) is 10.2 Å². The van der Waals surface area contributed by atoms with Gasteiger partial charge in [-0.05, 0) is 6.42 Å². The third kappa shape index (κ3) is 49.2. The number of carbonyl (C=O) groups is 1. The number of primary amides is 1.